The van der Waals surface area contributed by atoms with Crippen molar-refractivity contribution in [2.45, 2.75) is 25.9 Å². The molecule has 2 aromatic heterocycles. The van der Waals surface area contributed by atoms with E-state index in [4.69, 9.17) is 0 Å². The second-order valence-electron chi connectivity index (χ2n) is 5.14. The van der Waals surface area contributed by atoms with Crippen LogP contribution in [0, 0.1) is 0 Å². The highest BCUT2D eigenvalue weighted by Gasteiger charge is 2.19. The van der Waals surface area contributed by atoms with E-state index in [2.05, 4.69) is 59.1 Å². The van der Waals surface area contributed by atoms with Gasteiger partial charge in [0.15, 0.2) is 4.96 Å². The van der Waals surface area contributed by atoms with Gasteiger partial charge in [-0.3, -0.25) is 4.40 Å². The summed E-state index contributed by atoms with van der Waals surface area (Å²) < 4.78 is 2.07. The van der Waals surface area contributed by atoms with Crippen molar-refractivity contribution in [3.63, 3.8) is 0 Å². The predicted octanol–water partition coefficient (Wildman–Crippen LogP) is 1.83. The van der Waals surface area contributed by atoms with Crippen molar-refractivity contribution in [3.8, 4) is 0 Å². The standard InChI is InChI=1S/C12H20N4S/c1-12(2,15(3)4)9-13-7-10-8-16-5-6-17-11(16)14-10/h5-6,8,13H,7,9H2,1-4H3. The van der Waals surface area contributed by atoms with Crippen molar-refractivity contribution < 1.29 is 0 Å². The Bertz CT molecular complexity index is 455. The minimum atomic E-state index is 0.164. The molecule has 0 aliphatic heterocycles. The summed E-state index contributed by atoms with van der Waals surface area (Å²) in [6.45, 7) is 6.23. The third-order valence-corrected chi connectivity index (χ3v) is 3.99. The van der Waals surface area contributed by atoms with Crippen LogP contribution in [0.3, 0.4) is 0 Å². The topological polar surface area (TPSA) is 32.6 Å². The van der Waals surface area contributed by atoms with Gasteiger partial charge in [-0.25, -0.2) is 4.98 Å². The highest BCUT2D eigenvalue weighted by Crippen LogP contribution is 2.12. The van der Waals surface area contributed by atoms with Crippen molar-refractivity contribution in [1.82, 2.24) is 19.6 Å². The zero-order valence-electron chi connectivity index (χ0n) is 10.9. The van der Waals surface area contributed by atoms with E-state index in [1.807, 2.05) is 6.20 Å². The Hall–Kier alpha value is -0.910. The molecule has 0 bridgehead atoms. The summed E-state index contributed by atoms with van der Waals surface area (Å²) in [7, 11) is 4.21. The first-order valence-corrected chi connectivity index (χ1v) is 6.66. The molecule has 2 heterocycles. The van der Waals surface area contributed by atoms with Crippen molar-refractivity contribution in [2.75, 3.05) is 20.6 Å². The van der Waals surface area contributed by atoms with Crippen molar-refractivity contribution in [1.29, 1.82) is 0 Å². The third kappa shape index (κ3) is 2.86. The van der Waals surface area contributed by atoms with Crippen LogP contribution in [0.5, 0.6) is 0 Å². The zero-order chi connectivity index (χ0) is 12.5. The lowest BCUT2D eigenvalue weighted by Gasteiger charge is -2.32. The average Bonchev–Trinajstić information content (AvgIpc) is 2.76. The number of thiazole rings is 1. The molecule has 0 aliphatic carbocycles. The minimum Gasteiger partial charge on any atom is -0.309 e. The molecule has 0 amide bonds. The van der Waals surface area contributed by atoms with Crippen LogP contribution >= 0.6 is 11.3 Å². The molecule has 0 saturated carbocycles. The molecule has 0 aliphatic rings. The third-order valence-electron chi connectivity index (χ3n) is 3.22. The van der Waals surface area contributed by atoms with E-state index < -0.39 is 0 Å². The molecule has 0 saturated heterocycles. The fourth-order valence-electron chi connectivity index (χ4n) is 1.52. The van der Waals surface area contributed by atoms with E-state index in [0.29, 0.717) is 0 Å². The number of nitrogens with zero attached hydrogens (tertiary/aromatic N) is 3. The SMILES string of the molecule is CN(C)C(C)(C)CNCc1cn2ccsc2n1. The van der Waals surface area contributed by atoms with E-state index in [1.54, 1.807) is 11.3 Å². The van der Waals surface area contributed by atoms with Gasteiger partial charge >= 0.3 is 0 Å². The molecule has 0 fully saturated rings. The van der Waals surface area contributed by atoms with Gasteiger partial charge in [-0.05, 0) is 27.9 Å². The van der Waals surface area contributed by atoms with Gasteiger partial charge < -0.3 is 10.2 Å². The van der Waals surface area contributed by atoms with Crippen molar-refractivity contribution in [3.05, 3.63) is 23.5 Å². The number of hydrogen-bond acceptors (Lipinski definition) is 4. The predicted molar refractivity (Wildman–Crippen MR) is 72.5 cm³/mol. The lowest BCUT2D eigenvalue weighted by molar-refractivity contribution is 0.189. The molecule has 2 aromatic rings. The molecule has 0 aromatic carbocycles. The van der Waals surface area contributed by atoms with Gasteiger partial charge in [0.2, 0.25) is 0 Å². The Balaban J connectivity index is 1.89. The molecule has 0 unspecified atom stereocenters. The second-order valence-corrected chi connectivity index (χ2v) is 6.01. The first kappa shape index (κ1) is 12.5. The number of likely N-dealkylation sites (N-methyl/N-ethyl adjacent to an activating group) is 1. The van der Waals surface area contributed by atoms with Crippen LogP contribution in [-0.2, 0) is 6.54 Å². The van der Waals surface area contributed by atoms with Gasteiger partial charge in [-0.1, -0.05) is 0 Å². The number of rotatable bonds is 5. The minimum absolute atomic E-state index is 0.164. The number of imidazole rings is 1. The molecule has 17 heavy (non-hydrogen) atoms. The van der Waals surface area contributed by atoms with Gasteiger partial charge in [-0.15, -0.1) is 11.3 Å². The summed E-state index contributed by atoms with van der Waals surface area (Å²) in [5.41, 5.74) is 1.27. The van der Waals surface area contributed by atoms with Crippen LogP contribution in [0.2, 0.25) is 0 Å². The Morgan fingerprint density at radius 2 is 2.24 bits per heavy atom. The first-order chi connectivity index (χ1) is 7.99. The average molecular weight is 252 g/mol. The fourth-order valence-corrected chi connectivity index (χ4v) is 2.23. The monoisotopic (exact) mass is 252 g/mol. The normalized spacial score (nSPS) is 12.8. The summed E-state index contributed by atoms with van der Waals surface area (Å²) >= 11 is 1.67. The van der Waals surface area contributed by atoms with Crippen LogP contribution in [0.25, 0.3) is 4.96 Å². The lowest BCUT2D eigenvalue weighted by Crippen LogP contribution is -2.46. The lowest BCUT2D eigenvalue weighted by atomic mass is 10.0. The molecule has 0 spiro atoms. The Morgan fingerprint density at radius 1 is 1.47 bits per heavy atom. The van der Waals surface area contributed by atoms with E-state index in [9.17, 15) is 0 Å². The van der Waals surface area contributed by atoms with Crippen molar-refractivity contribution >= 4 is 16.3 Å². The molecule has 0 atom stereocenters. The molecular formula is C12H20N4S. The summed E-state index contributed by atoms with van der Waals surface area (Å²) in [5.74, 6) is 0. The van der Waals surface area contributed by atoms with Crippen molar-refractivity contribution in [2.24, 2.45) is 0 Å². The van der Waals surface area contributed by atoms with Crippen LogP contribution in [-0.4, -0.2) is 40.5 Å². The van der Waals surface area contributed by atoms with Crippen LogP contribution in [0.4, 0.5) is 0 Å². The number of aromatic nitrogens is 2. The van der Waals surface area contributed by atoms with E-state index >= 15 is 0 Å². The highest BCUT2D eigenvalue weighted by molar-refractivity contribution is 7.15. The van der Waals surface area contributed by atoms with Gasteiger partial charge in [-0.2, -0.15) is 0 Å². The van der Waals surface area contributed by atoms with Gasteiger partial charge in [0, 0.05) is 36.4 Å². The molecule has 94 valence electrons. The first-order valence-electron chi connectivity index (χ1n) is 5.78. The Kier molecular flexibility index (Phi) is 3.51. The summed E-state index contributed by atoms with van der Waals surface area (Å²) in [6, 6.07) is 0. The number of hydrogen-bond donors (Lipinski definition) is 1. The smallest absolute Gasteiger partial charge is 0.193 e. The summed E-state index contributed by atoms with van der Waals surface area (Å²) in [5, 5.41) is 5.51. The van der Waals surface area contributed by atoms with Crippen LogP contribution in [0.1, 0.15) is 19.5 Å². The Labute approximate surface area is 106 Å². The number of nitrogens with one attached hydrogen (secondary N) is 1. The van der Waals surface area contributed by atoms with Gasteiger partial charge in [0.05, 0.1) is 5.69 Å². The maximum absolute atomic E-state index is 4.54. The quantitative estimate of drug-likeness (QED) is 0.881. The fraction of sp³-hybridized carbons (Fsp3) is 0.583. The van der Waals surface area contributed by atoms with E-state index in [1.165, 1.54) is 0 Å². The molecular weight excluding hydrogens is 232 g/mol. The number of fused-ring (bicyclic) bond motifs is 1. The highest BCUT2D eigenvalue weighted by atomic mass is 32.1. The molecule has 1 N–H and O–H groups in total. The molecule has 5 heteroatoms. The maximum atomic E-state index is 4.54. The molecule has 0 radical (unpaired) electrons. The van der Waals surface area contributed by atoms with Gasteiger partial charge in [0.25, 0.3) is 0 Å². The summed E-state index contributed by atoms with van der Waals surface area (Å²) in [4.78, 5) is 7.83. The molecule has 2 rings (SSSR count). The van der Waals surface area contributed by atoms with E-state index in [0.717, 1.165) is 23.7 Å². The largest absolute Gasteiger partial charge is 0.309 e. The van der Waals surface area contributed by atoms with Crippen LogP contribution < -0.4 is 5.32 Å². The maximum Gasteiger partial charge on any atom is 0.193 e. The molecule has 4 nitrogen and oxygen atoms in total. The second kappa shape index (κ2) is 4.76. The van der Waals surface area contributed by atoms with Gasteiger partial charge in [0.1, 0.15) is 0 Å². The zero-order valence-corrected chi connectivity index (χ0v) is 11.7. The Morgan fingerprint density at radius 3 is 2.88 bits per heavy atom. The van der Waals surface area contributed by atoms with E-state index in [-0.39, 0.29) is 5.54 Å². The van der Waals surface area contributed by atoms with Crippen LogP contribution in [0.15, 0.2) is 17.8 Å². The summed E-state index contributed by atoms with van der Waals surface area (Å²) in [6.07, 6.45) is 4.13.